The Balaban J connectivity index is 1.70. The van der Waals surface area contributed by atoms with Gasteiger partial charge in [-0.05, 0) is 36.8 Å². The molecule has 0 saturated carbocycles. The maximum atomic E-state index is 13.9. The summed E-state index contributed by atoms with van der Waals surface area (Å²) in [6.07, 6.45) is 2.38. The number of urea groups is 1. The highest BCUT2D eigenvalue weighted by Gasteiger charge is 2.54. The Morgan fingerprint density at radius 2 is 2.09 bits per heavy atom. The first kappa shape index (κ1) is 14.4. The number of carbonyl (C=O) groups is 2. The first-order valence-electron chi connectivity index (χ1n) is 7.56. The molecule has 1 aromatic carbocycles. The summed E-state index contributed by atoms with van der Waals surface area (Å²) in [5, 5.41) is 4.83. The van der Waals surface area contributed by atoms with Crippen LogP contribution in [0, 0.1) is 5.82 Å². The summed E-state index contributed by atoms with van der Waals surface area (Å²) in [5.74, 6) is -0.681. The van der Waals surface area contributed by atoms with Crippen LogP contribution in [0.25, 0.3) is 0 Å². The average Bonchev–Trinajstić information content (AvgIpc) is 3.10. The fourth-order valence-electron chi connectivity index (χ4n) is 3.48. The van der Waals surface area contributed by atoms with E-state index in [2.05, 4.69) is 5.32 Å². The lowest BCUT2D eigenvalue weighted by atomic mass is 9.80. The summed E-state index contributed by atoms with van der Waals surface area (Å²) >= 11 is 1.62. The first-order valence-corrected chi connectivity index (χ1v) is 8.44. The van der Waals surface area contributed by atoms with Crippen molar-refractivity contribution in [1.82, 2.24) is 10.2 Å². The van der Waals surface area contributed by atoms with Crippen molar-refractivity contribution in [3.63, 3.8) is 0 Å². The average molecular weight is 330 g/mol. The highest BCUT2D eigenvalue weighted by atomic mass is 32.1. The van der Waals surface area contributed by atoms with E-state index >= 15 is 0 Å². The minimum atomic E-state index is -0.962. The standard InChI is InChI=1S/C17H15FN2O2S/c18-13-5-2-1-4-11(13)10-20-15(21)17(19-16(20)22)8-3-6-14-12(17)7-9-23-14/h1-2,4-5,7,9H,3,6,8,10H2,(H,19,22)/t17-/m1/s1. The molecule has 1 fully saturated rings. The number of benzene rings is 1. The van der Waals surface area contributed by atoms with Gasteiger partial charge in [-0.2, -0.15) is 0 Å². The van der Waals surface area contributed by atoms with Gasteiger partial charge in [-0.15, -0.1) is 11.3 Å². The van der Waals surface area contributed by atoms with Gasteiger partial charge < -0.3 is 5.32 Å². The molecule has 0 unspecified atom stereocenters. The predicted octanol–water partition coefficient (Wildman–Crippen LogP) is 3.17. The Labute approximate surface area is 136 Å². The molecule has 3 amide bonds. The van der Waals surface area contributed by atoms with Gasteiger partial charge in [0.05, 0.1) is 6.54 Å². The number of halogens is 1. The third kappa shape index (κ3) is 2.09. The molecule has 1 saturated heterocycles. The molecule has 1 spiro atoms. The Hall–Kier alpha value is -2.21. The molecule has 4 rings (SSSR count). The van der Waals surface area contributed by atoms with Gasteiger partial charge in [-0.25, -0.2) is 9.18 Å². The molecule has 2 aliphatic rings. The van der Waals surface area contributed by atoms with Crippen LogP contribution in [0.5, 0.6) is 0 Å². The molecule has 4 nitrogen and oxygen atoms in total. The van der Waals surface area contributed by atoms with Crippen molar-refractivity contribution in [3.8, 4) is 0 Å². The van der Waals surface area contributed by atoms with Gasteiger partial charge >= 0.3 is 6.03 Å². The lowest BCUT2D eigenvalue weighted by Gasteiger charge is -2.31. The molecule has 1 N–H and O–H groups in total. The second-order valence-corrected chi connectivity index (χ2v) is 6.93. The molecule has 1 aromatic heterocycles. The van der Waals surface area contributed by atoms with E-state index in [1.807, 2.05) is 11.4 Å². The van der Waals surface area contributed by atoms with Crippen LogP contribution in [0.1, 0.15) is 28.8 Å². The van der Waals surface area contributed by atoms with Gasteiger partial charge in [0.25, 0.3) is 5.91 Å². The Kier molecular flexibility index (Phi) is 3.23. The van der Waals surface area contributed by atoms with E-state index in [1.165, 1.54) is 6.07 Å². The lowest BCUT2D eigenvalue weighted by Crippen LogP contribution is -2.46. The largest absolute Gasteiger partial charge is 0.325 e. The summed E-state index contributed by atoms with van der Waals surface area (Å²) in [5.41, 5.74) is 0.285. The molecular weight excluding hydrogens is 315 g/mol. The summed E-state index contributed by atoms with van der Waals surface area (Å²) < 4.78 is 13.9. The van der Waals surface area contributed by atoms with Crippen molar-refractivity contribution in [2.45, 2.75) is 31.3 Å². The van der Waals surface area contributed by atoms with Crippen LogP contribution in [0.2, 0.25) is 0 Å². The number of amides is 3. The van der Waals surface area contributed by atoms with E-state index < -0.39 is 17.4 Å². The SMILES string of the molecule is O=C1N[C@@]2(CCCc3sccc32)C(=O)N1Cc1ccccc1F. The summed E-state index contributed by atoms with van der Waals surface area (Å²) in [6, 6.07) is 7.69. The van der Waals surface area contributed by atoms with E-state index in [4.69, 9.17) is 0 Å². The zero-order valence-corrected chi connectivity index (χ0v) is 13.2. The topological polar surface area (TPSA) is 49.4 Å². The highest BCUT2D eigenvalue weighted by molar-refractivity contribution is 7.10. The van der Waals surface area contributed by atoms with Crippen LogP contribution >= 0.6 is 11.3 Å². The van der Waals surface area contributed by atoms with Crippen molar-refractivity contribution in [1.29, 1.82) is 0 Å². The molecule has 2 aromatic rings. The number of hydrogen-bond donors (Lipinski definition) is 1. The second-order valence-electron chi connectivity index (χ2n) is 5.93. The molecule has 0 radical (unpaired) electrons. The maximum absolute atomic E-state index is 13.9. The van der Waals surface area contributed by atoms with Crippen molar-refractivity contribution in [2.75, 3.05) is 0 Å². The molecule has 1 atom stereocenters. The summed E-state index contributed by atoms with van der Waals surface area (Å²) in [7, 11) is 0. The van der Waals surface area contributed by atoms with E-state index in [0.717, 1.165) is 28.2 Å². The lowest BCUT2D eigenvalue weighted by molar-refractivity contribution is -0.132. The number of aryl methyl sites for hydroxylation is 1. The number of thiophene rings is 1. The van der Waals surface area contributed by atoms with E-state index in [1.54, 1.807) is 29.5 Å². The fourth-order valence-corrected chi connectivity index (χ4v) is 4.48. The monoisotopic (exact) mass is 330 g/mol. The smallest absolute Gasteiger partial charge is 0.319 e. The number of fused-ring (bicyclic) bond motifs is 2. The Morgan fingerprint density at radius 1 is 1.26 bits per heavy atom. The number of hydrogen-bond acceptors (Lipinski definition) is 3. The quantitative estimate of drug-likeness (QED) is 0.860. The number of nitrogens with one attached hydrogen (secondary N) is 1. The van der Waals surface area contributed by atoms with Crippen LogP contribution in [0.15, 0.2) is 35.7 Å². The molecule has 23 heavy (non-hydrogen) atoms. The number of nitrogens with zero attached hydrogens (tertiary/aromatic N) is 1. The van der Waals surface area contributed by atoms with Crippen molar-refractivity contribution >= 4 is 23.3 Å². The molecule has 1 aliphatic heterocycles. The van der Waals surface area contributed by atoms with E-state index in [0.29, 0.717) is 12.0 Å². The van der Waals surface area contributed by atoms with Crippen LogP contribution in [0.3, 0.4) is 0 Å². The van der Waals surface area contributed by atoms with Gasteiger partial charge in [-0.3, -0.25) is 9.69 Å². The fraction of sp³-hybridized carbons (Fsp3) is 0.294. The maximum Gasteiger partial charge on any atom is 0.325 e. The van der Waals surface area contributed by atoms with Gasteiger partial charge in [0.15, 0.2) is 0 Å². The zero-order valence-electron chi connectivity index (χ0n) is 12.3. The van der Waals surface area contributed by atoms with Gasteiger partial charge in [0.1, 0.15) is 11.4 Å². The zero-order chi connectivity index (χ0) is 16.0. The van der Waals surface area contributed by atoms with E-state index in [9.17, 15) is 14.0 Å². The first-order chi connectivity index (χ1) is 11.1. The van der Waals surface area contributed by atoms with Crippen molar-refractivity contribution in [3.05, 3.63) is 57.5 Å². The Morgan fingerprint density at radius 3 is 2.91 bits per heavy atom. The van der Waals surface area contributed by atoms with Crippen molar-refractivity contribution < 1.29 is 14.0 Å². The van der Waals surface area contributed by atoms with Gasteiger partial charge in [0.2, 0.25) is 0 Å². The van der Waals surface area contributed by atoms with Crippen LogP contribution < -0.4 is 5.32 Å². The predicted molar refractivity (Wildman–Crippen MR) is 84.4 cm³/mol. The Bertz CT molecular complexity index is 803. The highest BCUT2D eigenvalue weighted by Crippen LogP contribution is 2.42. The minimum absolute atomic E-state index is 0.0431. The number of rotatable bonds is 2. The number of imide groups is 1. The van der Waals surface area contributed by atoms with Gasteiger partial charge in [-0.1, -0.05) is 18.2 Å². The molecule has 0 bridgehead atoms. The van der Waals surface area contributed by atoms with Crippen LogP contribution in [0.4, 0.5) is 9.18 Å². The molecular formula is C17H15FN2O2S. The molecule has 118 valence electrons. The minimum Gasteiger partial charge on any atom is -0.319 e. The van der Waals surface area contributed by atoms with Gasteiger partial charge in [0, 0.05) is 16.0 Å². The van der Waals surface area contributed by atoms with Crippen LogP contribution in [-0.4, -0.2) is 16.8 Å². The van der Waals surface area contributed by atoms with E-state index in [-0.39, 0.29) is 12.5 Å². The molecule has 2 heterocycles. The third-order valence-corrected chi connectivity index (χ3v) is 5.60. The third-order valence-electron chi connectivity index (χ3n) is 4.62. The van der Waals surface area contributed by atoms with Crippen molar-refractivity contribution in [2.24, 2.45) is 0 Å². The summed E-state index contributed by atoms with van der Waals surface area (Å²) in [4.78, 5) is 27.7. The normalized spacial score (nSPS) is 23.3. The molecule has 1 aliphatic carbocycles. The second kappa shape index (κ2) is 5.16. The molecule has 6 heteroatoms. The number of carbonyl (C=O) groups excluding carboxylic acids is 2. The van der Waals surface area contributed by atoms with Crippen LogP contribution in [-0.2, 0) is 23.3 Å². The summed E-state index contributed by atoms with van der Waals surface area (Å²) in [6.45, 7) is -0.0431.